The fraction of sp³-hybridized carbons (Fsp3) is 0.625. The molecule has 0 aromatic heterocycles. The highest BCUT2D eigenvalue weighted by molar-refractivity contribution is 5.76. The minimum Gasteiger partial charge on any atom is -0.297 e. The van der Waals surface area contributed by atoms with E-state index >= 15 is 0 Å². The highest BCUT2D eigenvalue weighted by Gasteiger charge is 2.03. The van der Waals surface area contributed by atoms with E-state index in [0.717, 1.165) is 18.5 Å². The first-order chi connectivity index (χ1) is 5.29. The van der Waals surface area contributed by atoms with Crippen LogP contribution in [0.4, 0.5) is 0 Å². The first-order valence-corrected chi connectivity index (χ1v) is 3.85. The van der Waals surface area contributed by atoms with Gasteiger partial charge in [-0.1, -0.05) is 6.08 Å². The van der Waals surface area contributed by atoms with Gasteiger partial charge in [0.25, 0.3) is 0 Å². The molecule has 0 unspecified atom stereocenters. The number of nitrogens with one attached hydrogen (secondary N) is 1. The molecule has 62 valence electrons. The Balaban J connectivity index is 2.07. The summed E-state index contributed by atoms with van der Waals surface area (Å²) in [6.07, 6.45) is 5.44. The van der Waals surface area contributed by atoms with Crippen molar-refractivity contribution < 1.29 is 9.63 Å². The van der Waals surface area contributed by atoms with Crippen LogP contribution < -0.4 is 5.48 Å². The molecule has 1 N–H and O–H groups in total. The van der Waals surface area contributed by atoms with Gasteiger partial charge < -0.3 is 0 Å². The zero-order valence-corrected chi connectivity index (χ0v) is 6.72. The minimum atomic E-state index is 0.0381. The third-order valence-corrected chi connectivity index (χ3v) is 1.52. The molecule has 3 nitrogen and oxygen atoms in total. The number of hydroxylamine groups is 1. The van der Waals surface area contributed by atoms with E-state index in [9.17, 15) is 4.79 Å². The van der Waals surface area contributed by atoms with Gasteiger partial charge in [-0.15, -0.1) is 0 Å². The van der Waals surface area contributed by atoms with Gasteiger partial charge in [0.1, 0.15) is 6.61 Å². The van der Waals surface area contributed by atoms with Gasteiger partial charge in [0.15, 0.2) is 5.78 Å². The summed E-state index contributed by atoms with van der Waals surface area (Å²) >= 11 is 0. The Labute approximate surface area is 66.4 Å². The van der Waals surface area contributed by atoms with E-state index in [-0.39, 0.29) is 12.4 Å². The smallest absolute Gasteiger partial charge is 0.158 e. The van der Waals surface area contributed by atoms with Crippen LogP contribution in [0.15, 0.2) is 11.8 Å². The van der Waals surface area contributed by atoms with Crippen molar-refractivity contribution in [3.8, 4) is 0 Å². The Morgan fingerprint density at radius 1 is 1.82 bits per heavy atom. The number of allylic oxidation sites excluding steroid dienone is 2. The van der Waals surface area contributed by atoms with Crippen LogP contribution in [0.25, 0.3) is 0 Å². The molecule has 3 heteroatoms. The fourth-order valence-electron chi connectivity index (χ4n) is 0.994. The minimum absolute atomic E-state index is 0.0381. The van der Waals surface area contributed by atoms with E-state index in [4.69, 9.17) is 4.84 Å². The van der Waals surface area contributed by atoms with Crippen molar-refractivity contribution >= 4 is 5.78 Å². The van der Waals surface area contributed by atoms with Gasteiger partial charge in [-0.3, -0.25) is 15.1 Å². The molecule has 1 rings (SSSR count). The van der Waals surface area contributed by atoms with E-state index in [2.05, 4.69) is 11.6 Å². The topological polar surface area (TPSA) is 38.3 Å². The van der Waals surface area contributed by atoms with Crippen LogP contribution in [-0.2, 0) is 9.63 Å². The van der Waals surface area contributed by atoms with Gasteiger partial charge >= 0.3 is 0 Å². The normalized spacial score (nSPS) is 16.3. The summed E-state index contributed by atoms with van der Waals surface area (Å²) in [4.78, 5) is 15.3. The van der Waals surface area contributed by atoms with Crippen molar-refractivity contribution in [2.45, 2.75) is 26.2 Å². The first-order valence-electron chi connectivity index (χ1n) is 3.85. The lowest BCUT2D eigenvalue weighted by atomic mass is 10.3. The average Bonchev–Trinajstić information content (AvgIpc) is 2.39. The predicted octanol–water partition coefficient (Wildman–Crippen LogP) is 1.16. The van der Waals surface area contributed by atoms with E-state index in [1.54, 1.807) is 0 Å². The quantitative estimate of drug-likeness (QED) is 0.619. The third-order valence-electron chi connectivity index (χ3n) is 1.52. The highest BCUT2D eigenvalue weighted by Crippen LogP contribution is 2.14. The maximum atomic E-state index is 10.4. The lowest BCUT2D eigenvalue weighted by Crippen LogP contribution is -2.17. The SMILES string of the molecule is CC(=O)CONC1=CCCC1. The zero-order valence-electron chi connectivity index (χ0n) is 6.72. The summed E-state index contributed by atoms with van der Waals surface area (Å²) in [7, 11) is 0. The highest BCUT2D eigenvalue weighted by atomic mass is 16.6. The second kappa shape index (κ2) is 4.13. The molecule has 0 aromatic rings. The number of ketones is 1. The van der Waals surface area contributed by atoms with Crippen LogP contribution in [0, 0.1) is 0 Å². The largest absolute Gasteiger partial charge is 0.297 e. The summed E-state index contributed by atoms with van der Waals surface area (Å²) < 4.78 is 0. The number of rotatable bonds is 4. The van der Waals surface area contributed by atoms with Crippen LogP contribution in [0.2, 0.25) is 0 Å². The monoisotopic (exact) mass is 155 g/mol. The maximum Gasteiger partial charge on any atom is 0.158 e. The van der Waals surface area contributed by atoms with Gasteiger partial charge in [-0.25, -0.2) is 0 Å². The summed E-state index contributed by atoms with van der Waals surface area (Å²) in [5.41, 5.74) is 3.86. The van der Waals surface area contributed by atoms with E-state index in [1.165, 1.54) is 13.3 Å². The van der Waals surface area contributed by atoms with Crippen LogP contribution in [-0.4, -0.2) is 12.4 Å². The van der Waals surface area contributed by atoms with Gasteiger partial charge in [0.05, 0.1) is 0 Å². The van der Waals surface area contributed by atoms with E-state index < -0.39 is 0 Å². The van der Waals surface area contributed by atoms with Crippen molar-refractivity contribution in [2.75, 3.05) is 6.61 Å². The maximum absolute atomic E-state index is 10.4. The summed E-state index contributed by atoms with van der Waals surface area (Å²) in [5, 5.41) is 0. The van der Waals surface area contributed by atoms with Gasteiger partial charge in [-0.05, 0) is 26.2 Å². The van der Waals surface area contributed by atoms with E-state index in [0.29, 0.717) is 0 Å². The molecule has 0 atom stereocenters. The molecule has 0 aromatic carbocycles. The Bertz CT molecular complexity index is 175. The summed E-state index contributed by atoms with van der Waals surface area (Å²) in [6, 6.07) is 0. The fourth-order valence-corrected chi connectivity index (χ4v) is 0.994. The lowest BCUT2D eigenvalue weighted by Gasteiger charge is -2.04. The number of carbonyl (C=O) groups is 1. The van der Waals surface area contributed by atoms with Crippen molar-refractivity contribution in [3.05, 3.63) is 11.8 Å². The van der Waals surface area contributed by atoms with Crippen molar-refractivity contribution in [1.82, 2.24) is 5.48 Å². The van der Waals surface area contributed by atoms with Crippen LogP contribution in [0.5, 0.6) is 0 Å². The summed E-state index contributed by atoms with van der Waals surface area (Å²) in [5.74, 6) is 0.0381. The Kier molecular flexibility index (Phi) is 3.11. The Hall–Kier alpha value is -0.830. The number of carbonyl (C=O) groups excluding carboxylic acids is 1. The molecule has 0 amide bonds. The van der Waals surface area contributed by atoms with Gasteiger partial charge in [-0.2, -0.15) is 0 Å². The molecule has 0 saturated carbocycles. The molecule has 1 aliphatic rings. The zero-order chi connectivity index (χ0) is 8.10. The first kappa shape index (κ1) is 8.27. The van der Waals surface area contributed by atoms with Crippen molar-refractivity contribution in [2.24, 2.45) is 0 Å². The average molecular weight is 155 g/mol. The standard InChI is InChI=1S/C8H13NO2/c1-7(10)6-11-9-8-4-2-3-5-8/h4,9H,2-3,5-6H2,1H3. The molecule has 1 aliphatic carbocycles. The molecule has 0 aliphatic heterocycles. The Morgan fingerprint density at radius 3 is 3.18 bits per heavy atom. The number of hydrogen-bond donors (Lipinski definition) is 1. The van der Waals surface area contributed by atoms with Crippen LogP contribution >= 0.6 is 0 Å². The van der Waals surface area contributed by atoms with Crippen LogP contribution in [0.1, 0.15) is 26.2 Å². The second-order valence-corrected chi connectivity index (χ2v) is 2.71. The lowest BCUT2D eigenvalue weighted by molar-refractivity contribution is -0.123. The number of hydrogen-bond acceptors (Lipinski definition) is 3. The molecule has 0 heterocycles. The van der Waals surface area contributed by atoms with Gasteiger partial charge in [0.2, 0.25) is 0 Å². The molecular weight excluding hydrogens is 142 g/mol. The third kappa shape index (κ3) is 3.18. The molecule has 0 saturated heterocycles. The molecule has 11 heavy (non-hydrogen) atoms. The molecule has 0 fully saturated rings. The molecular formula is C8H13NO2. The second-order valence-electron chi connectivity index (χ2n) is 2.71. The van der Waals surface area contributed by atoms with Crippen molar-refractivity contribution in [1.29, 1.82) is 0 Å². The Morgan fingerprint density at radius 2 is 2.64 bits per heavy atom. The van der Waals surface area contributed by atoms with Gasteiger partial charge in [0, 0.05) is 5.70 Å². The molecule has 0 spiro atoms. The number of Topliss-reactive ketones (excluding diaryl/α,β-unsaturated/α-hetero) is 1. The molecule has 0 bridgehead atoms. The predicted molar refractivity (Wildman–Crippen MR) is 41.7 cm³/mol. The molecule has 0 radical (unpaired) electrons. The van der Waals surface area contributed by atoms with Crippen LogP contribution in [0.3, 0.4) is 0 Å². The van der Waals surface area contributed by atoms with E-state index in [1.807, 2.05) is 0 Å². The van der Waals surface area contributed by atoms with Crippen molar-refractivity contribution in [3.63, 3.8) is 0 Å². The summed E-state index contributed by atoms with van der Waals surface area (Å²) in [6.45, 7) is 1.65.